The maximum absolute atomic E-state index is 13.0. The second kappa shape index (κ2) is 5.68. The van der Waals surface area contributed by atoms with Crippen LogP contribution in [-0.4, -0.2) is 25.6 Å². The molecule has 0 unspecified atom stereocenters. The predicted octanol–water partition coefficient (Wildman–Crippen LogP) is 2.23. The first-order valence-corrected chi connectivity index (χ1v) is 4.64. The number of hydrogen-bond donors (Lipinski definition) is 0. The van der Waals surface area contributed by atoms with E-state index in [-0.39, 0.29) is 5.56 Å². The van der Waals surface area contributed by atoms with E-state index in [0.717, 1.165) is 6.07 Å². The van der Waals surface area contributed by atoms with Crippen molar-refractivity contribution in [2.45, 2.75) is 0 Å². The number of methoxy groups -OCH3 is 1. The summed E-state index contributed by atoms with van der Waals surface area (Å²) in [6.07, 6.45) is 0. The highest BCUT2D eigenvalue weighted by Crippen LogP contribution is 2.18. The van der Waals surface area contributed by atoms with Crippen LogP contribution in [0.2, 0.25) is 0 Å². The van der Waals surface area contributed by atoms with Crippen molar-refractivity contribution in [2.24, 2.45) is 0 Å². The number of carbonyl (C=O) groups is 1. The smallest absolute Gasteiger partial charge is 0.255 e. The van der Waals surface area contributed by atoms with Gasteiger partial charge in [0, 0.05) is 7.11 Å². The molecule has 3 nitrogen and oxygen atoms in total. The van der Waals surface area contributed by atoms with Crippen molar-refractivity contribution < 1.29 is 18.7 Å². The molecule has 0 amide bonds. The van der Waals surface area contributed by atoms with Crippen molar-refractivity contribution in [3.05, 3.63) is 29.6 Å². The molecule has 0 bridgehead atoms. The van der Waals surface area contributed by atoms with Crippen LogP contribution in [0.3, 0.4) is 0 Å². The average Bonchev–Trinajstić information content (AvgIpc) is 2.20. The zero-order valence-corrected chi connectivity index (χ0v) is 8.88. The number of ether oxygens (including phenoxy) is 2. The summed E-state index contributed by atoms with van der Waals surface area (Å²) >= 11 is 5.18. The molecule has 0 radical (unpaired) electrons. The first-order valence-electron chi connectivity index (χ1n) is 4.26. The summed E-state index contributed by atoms with van der Waals surface area (Å²) < 4.78 is 23.0. The highest BCUT2D eigenvalue weighted by atomic mass is 35.5. The molecule has 0 spiro atoms. The third-order valence-corrected chi connectivity index (χ3v) is 1.91. The van der Waals surface area contributed by atoms with Crippen LogP contribution in [0.1, 0.15) is 10.4 Å². The molecule has 0 aliphatic heterocycles. The summed E-state index contributed by atoms with van der Waals surface area (Å²) in [5.74, 6) is -0.272. The number of hydrogen-bond acceptors (Lipinski definition) is 3. The van der Waals surface area contributed by atoms with Crippen LogP contribution in [0.25, 0.3) is 0 Å². The maximum atomic E-state index is 13.0. The summed E-state index contributed by atoms with van der Waals surface area (Å²) in [6, 6.07) is 3.83. The van der Waals surface area contributed by atoms with Crippen molar-refractivity contribution in [2.75, 3.05) is 20.3 Å². The van der Waals surface area contributed by atoms with Crippen LogP contribution in [0.15, 0.2) is 18.2 Å². The van der Waals surface area contributed by atoms with E-state index in [0.29, 0.717) is 19.0 Å². The van der Waals surface area contributed by atoms with Crippen LogP contribution in [-0.2, 0) is 4.74 Å². The summed E-state index contributed by atoms with van der Waals surface area (Å²) in [6.45, 7) is 0.750. The lowest BCUT2D eigenvalue weighted by molar-refractivity contribution is 0.107. The van der Waals surface area contributed by atoms with Gasteiger partial charge in [0.15, 0.2) is 0 Å². The largest absolute Gasteiger partial charge is 0.491 e. The molecular weight excluding hydrogens is 223 g/mol. The fourth-order valence-electron chi connectivity index (χ4n) is 0.988. The fraction of sp³-hybridized carbons (Fsp3) is 0.300. The molecule has 0 aliphatic carbocycles. The first-order chi connectivity index (χ1) is 7.15. The van der Waals surface area contributed by atoms with Gasteiger partial charge in [-0.15, -0.1) is 0 Å². The van der Waals surface area contributed by atoms with E-state index < -0.39 is 11.1 Å². The lowest BCUT2D eigenvalue weighted by Gasteiger charge is -2.06. The van der Waals surface area contributed by atoms with Gasteiger partial charge in [-0.3, -0.25) is 4.79 Å². The van der Waals surface area contributed by atoms with E-state index in [2.05, 4.69) is 0 Å². The van der Waals surface area contributed by atoms with Gasteiger partial charge >= 0.3 is 0 Å². The Labute approximate surface area is 91.7 Å². The van der Waals surface area contributed by atoms with E-state index in [1.165, 1.54) is 12.1 Å². The van der Waals surface area contributed by atoms with E-state index in [4.69, 9.17) is 21.1 Å². The maximum Gasteiger partial charge on any atom is 0.255 e. The summed E-state index contributed by atoms with van der Waals surface area (Å²) in [5, 5.41) is -0.843. The minimum absolute atomic E-state index is 0.188. The third-order valence-electron chi connectivity index (χ3n) is 1.71. The lowest BCUT2D eigenvalue weighted by atomic mass is 10.2. The van der Waals surface area contributed by atoms with Gasteiger partial charge in [-0.25, -0.2) is 4.39 Å². The molecule has 0 fully saturated rings. The number of benzene rings is 1. The molecule has 5 heteroatoms. The summed E-state index contributed by atoms with van der Waals surface area (Å²) in [7, 11) is 1.54. The summed E-state index contributed by atoms with van der Waals surface area (Å²) in [4.78, 5) is 10.8. The number of carbonyl (C=O) groups excluding carboxylic acids is 1. The van der Waals surface area contributed by atoms with Gasteiger partial charge in [0.25, 0.3) is 5.24 Å². The molecule has 1 aromatic carbocycles. The van der Waals surface area contributed by atoms with Crippen LogP contribution in [0.5, 0.6) is 5.75 Å². The quantitative estimate of drug-likeness (QED) is 0.577. The Morgan fingerprint density at radius 3 is 2.80 bits per heavy atom. The zero-order valence-electron chi connectivity index (χ0n) is 8.13. The van der Waals surface area contributed by atoms with E-state index >= 15 is 0 Å². The average molecular weight is 233 g/mol. The van der Waals surface area contributed by atoms with Gasteiger partial charge in [0.05, 0.1) is 12.2 Å². The Bertz CT molecular complexity index is 355. The fourth-order valence-corrected chi connectivity index (χ4v) is 1.13. The molecule has 15 heavy (non-hydrogen) atoms. The Kier molecular flexibility index (Phi) is 4.52. The molecule has 0 saturated heterocycles. The monoisotopic (exact) mass is 232 g/mol. The van der Waals surface area contributed by atoms with Crippen molar-refractivity contribution in [3.63, 3.8) is 0 Å². The van der Waals surface area contributed by atoms with Crippen LogP contribution in [0, 0.1) is 5.82 Å². The molecule has 82 valence electrons. The van der Waals surface area contributed by atoms with Gasteiger partial charge in [-0.1, -0.05) is 0 Å². The van der Waals surface area contributed by atoms with Gasteiger partial charge in [-0.05, 0) is 29.8 Å². The second-order valence-corrected chi connectivity index (χ2v) is 3.10. The van der Waals surface area contributed by atoms with Crippen LogP contribution in [0.4, 0.5) is 4.39 Å². The minimum Gasteiger partial charge on any atom is -0.491 e. The van der Waals surface area contributed by atoms with Gasteiger partial charge in [0.2, 0.25) is 0 Å². The SMILES string of the molecule is COCCOc1ccc(F)c(C(=O)Cl)c1. The lowest BCUT2D eigenvalue weighted by Crippen LogP contribution is -2.05. The minimum atomic E-state index is -0.843. The van der Waals surface area contributed by atoms with Crippen molar-refractivity contribution in [1.29, 1.82) is 0 Å². The van der Waals surface area contributed by atoms with Gasteiger partial charge in [0.1, 0.15) is 18.2 Å². The first kappa shape index (κ1) is 11.9. The van der Waals surface area contributed by atoms with Gasteiger partial charge in [-0.2, -0.15) is 0 Å². The number of halogens is 2. The third kappa shape index (κ3) is 3.49. The van der Waals surface area contributed by atoms with Crippen LogP contribution >= 0.6 is 11.6 Å². The molecule has 0 saturated carbocycles. The second-order valence-electron chi connectivity index (χ2n) is 2.76. The van der Waals surface area contributed by atoms with E-state index in [1.807, 2.05) is 0 Å². The number of rotatable bonds is 5. The van der Waals surface area contributed by atoms with Gasteiger partial charge < -0.3 is 9.47 Å². The predicted molar refractivity (Wildman–Crippen MR) is 54.0 cm³/mol. The molecule has 0 aromatic heterocycles. The molecule has 0 N–H and O–H groups in total. The molecule has 0 atom stereocenters. The standard InChI is InChI=1S/C10H10ClFO3/c1-14-4-5-15-7-2-3-9(12)8(6-7)10(11)13/h2-3,6H,4-5H2,1H3. The Hall–Kier alpha value is -1.13. The molecule has 0 aliphatic rings. The highest BCUT2D eigenvalue weighted by Gasteiger charge is 2.10. The zero-order chi connectivity index (χ0) is 11.3. The highest BCUT2D eigenvalue weighted by molar-refractivity contribution is 6.67. The molecular formula is C10H10ClFO3. The topological polar surface area (TPSA) is 35.5 Å². The van der Waals surface area contributed by atoms with Crippen molar-refractivity contribution in [1.82, 2.24) is 0 Å². The van der Waals surface area contributed by atoms with Crippen molar-refractivity contribution >= 4 is 16.8 Å². The summed E-state index contributed by atoms with van der Waals surface area (Å²) in [5.41, 5.74) is -0.188. The Balaban J connectivity index is 2.74. The van der Waals surface area contributed by atoms with E-state index in [1.54, 1.807) is 7.11 Å². The normalized spacial score (nSPS) is 10.1. The van der Waals surface area contributed by atoms with E-state index in [9.17, 15) is 9.18 Å². The molecule has 0 heterocycles. The Morgan fingerprint density at radius 1 is 1.47 bits per heavy atom. The molecule has 1 rings (SSSR count). The Morgan fingerprint density at radius 2 is 2.20 bits per heavy atom. The molecule has 1 aromatic rings. The van der Waals surface area contributed by atoms with Crippen LogP contribution < -0.4 is 4.74 Å². The van der Waals surface area contributed by atoms with Crippen molar-refractivity contribution in [3.8, 4) is 5.75 Å².